The van der Waals surface area contributed by atoms with Crippen molar-refractivity contribution in [3.63, 3.8) is 0 Å². The van der Waals surface area contributed by atoms with E-state index in [1.54, 1.807) is 11.0 Å². The number of carbonyl (C=O) groups is 2. The normalized spacial score (nSPS) is 10.8. The summed E-state index contributed by atoms with van der Waals surface area (Å²) in [6.07, 6.45) is 3.11. The van der Waals surface area contributed by atoms with E-state index in [0.717, 1.165) is 16.8 Å². The second kappa shape index (κ2) is 9.10. The molecular weight excluding hydrogens is 370 g/mol. The maximum absolute atomic E-state index is 12.1. The summed E-state index contributed by atoms with van der Waals surface area (Å²) in [5.74, 6) is -0.309. The van der Waals surface area contributed by atoms with Crippen molar-refractivity contribution < 1.29 is 9.59 Å². The van der Waals surface area contributed by atoms with Gasteiger partial charge in [0, 0.05) is 24.9 Å². The summed E-state index contributed by atoms with van der Waals surface area (Å²) in [6.45, 7) is 3.99. The molecule has 0 aliphatic heterocycles. The van der Waals surface area contributed by atoms with E-state index in [-0.39, 0.29) is 11.8 Å². The van der Waals surface area contributed by atoms with Gasteiger partial charge in [-0.2, -0.15) is 0 Å². The number of carbonyl (C=O) groups excluding carboxylic acids is 2. The Morgan fingerprint density at radius 3 is 2.54 bits per heavy atom. The van der Waals surface area contributed by atoms with Crippen LogP contribution in [-0.4, -0.2) is 16.8 Å². The zero-order valence-corrected chi connectivity index (χ0v) is 16.6. The number of aromatic nitrogens is 1. The highest BCUT2D eigenvalue weighted by atomic mass is 32.1. The molecule has 0 atom stereocenters. The minimum atomic E-state index is -0.190. The molecule has 142 valence electrons. The van der Waals surface area contributed by atoms with Gasteiger partial charge >= 0.3 is 0 Å². The minimum Gasteiger partial charge on any atom is -0.348 e. The van der Waals surface area contributed by atoms with E-state index >= 15 is 0 Å². The second-order valence-corrected chi connectivity index (χ2v) is 7.06. The molecule has 0 aliphatic carbocycles. The van der Waals surface area contributed by atoms with Crippen molar-refractivity contribution in [1.82, 2.24) is 10.3 Å². The Balaban J connectivity index is 1.65. The molecule has 1 N–H and O–H groups in total. The maximum Gasteiger partial charge on any atom is 0.244 e. The Kier molecular flexibility index (Phi) is 6.34. The predicted octanol–water partition coefficient (Wildman–Crippen LogP) is 4.47. The van der Waals surface area contributed by atoms with Crippen LogP contribution in [0.25, 0.3) is 6.08 Å². The number of hydrogen-bond acceptors (Lipinski definition) is 4. The van der Waals surface area contributed by atoms with Gasteiger partial charge in [-0.15, -0.1) is 11.3 Å². The molecule has 3 rings (SSSR count). The van der Waals surface area contributed by atoms with Crippen LogP contribution >= 0.6 is 11.3 Å². The SMILES string of the molecule is CC(=O)N(c1ccccc1)c1nc(/C=C/C(=O)NCc2ccccc2C)cs1. The lowest BCUT2D eigenvalue weighted by Crippen LogP contribution is -2.22. The van der Waals surface area contributed by atoms with Crippen molar-refractivity contribution in [2.24, 2.45) is 0 Å². The standard InChI is InChI=1S/C22H21N3O2S/c1-16-8-6-7-9-18(16)14-23-21(27)13-12-19-15-28-22(24-19)25(17(2)26)20-10-4-3-5-11-20/h3-13,15H,14H2,1-2H3,(H,23,27)/b13-12+. The van der Waals surface area contributed by atoms with Gasteiger partial charge < -0.3 is 5.32 Å². The van der Waals surface area contributed by atoms with Crippen molar-refractivity contribution in [2.75, 3.05) is 4.90 Å². The molecule has 0 saturated carbocycles. The largest absolute Gasteiger partial charge is 0.348 e. The van der Waals surface area contributed by atoms with Crippen LogP contribution in [0.15, 0.2) is 66.1 Å². The van der Waals surface area contributed by atoms with Gasteiger partial charge in [0.1, 0.15) is 0 Å². The molecule has 3 aromatic rings. The molecule has 0 spiro atoms. The lowest BCUT2D eigenvalue weighted by molar-refractivity contribution is -0.117. The first-order valence-corrected chi connectivity index (χ1v) is 9.74. The Morgan fingerprint density at radius 2 is 1.82 bits per heavy atom. The molecule has 6 heteroatoms. The summed E-state index contributed by atoms with van der Waals surface area (Å²) >= 11 is 1.36. The highest BCUT2D eigenvalue weighted by Crippen LogP contribution is 2.28. The van der Waals surface area contributed by atoms with E-state index in [2.05, 4.69) is 10.3 Å². The molecule has 1 aromatic heterocycles. The van der Waals surface area contributed by atoms with Crippen molar-refractivity contribution in [3.8, 4) is 0 Å². The Hall–Kier alpha value is -3.25. The average Bonchev–Trinajstić information content (AvgIpc) is 3.15. The number of amides is 2. The molecule has 0 unspecified atom stereocenters. The molecular formula is C22H21N3O2S. The number of nitrogens with zero attached hydrogens (tertiary/aromatic N) is 2. The molecule has 0 fully saturated rings. The molecule has 0 aliphatic rings. The first-order chi connectivity index (χ1) is 13.5. The fraction of sp³-hybridized carbons (Fsp3) is 0.136. The second-order valence-electron chi connectivity index (χ2n) is 6.22. The van der Waals surface area contributed by atoms with Gasteiger partial charge in [0.2, 0.25) is 11.8 Å². The van der Waals surface area contributed by atoms with Crippen molar-refractivity contribution in [1.29, 1.82) is 0 Å². The summed E-state index contributed by atoms with van der Waals surface area (Å²) < 4.78 is 0. The van der Waals surface area contributed by atoms with Crippen LogP contribution in [0.3, 0.4) is 0 Å². The first kappa shape index (κ1) is 19.5. The number of nitrogens with one attached hydrogen (secondary N) is 1. The first-order valence-electron chi connectivity index (χ1n) is 8.86. The van der Waals surface area contributed by atoms with E-state index < -0.39 is 0 Å². The van der Waals surface area contributed by atoms with Crippen LogP contribution in [0.1, 0.15) is 23.7 Å². The van der Waals surface area contributed by atoms with E-state index in [1.165, 1.54) is 24.3 Å². The molecule has 0 radical (unpaired) electrons. The zero-order chi connectivity index (χ0) is 19.9. The highest BCUT2D eigenvalue weighted by Gasteiger charge is 2.17. The van der Waals surface area contributed by atoms with Crippen LogP contribution in [0.2, 0.25) is 0 Å². The number of thiazole rings is 1. The van der Waals surface area contributed by atoms with Crippen LogP contribution in [0.4, 0.5) is 10.8 Å². The van der Waals surface area contributed by atoms with E-state index in [0.29, 0.717) is 17.4 Å². The number of aryl methyl sites for hydroxylation is 1. The lowest BCUT2D eigenvalue weighted by Gasteiger charge is -2.17. The van der Waals surface area contributed by atoms with Gasteiger partial charge in [-0.05, 0) is 36.3 Å². The summed E-state index contributed by atoms with van der Waals surface area (Å²) in [6, 6.07) is 17.3. The Morgan fingerprint density at radius 1 is 1.11 bits per heavy atom. The number of anilines is 2. The number of benzene rings is 2. The van der Waals surface area contributed by atoms with Crippen molar-refractivity contribution >= 4 is 40.0 Å². The molecule has 0 saturated heterocycles. The van der Waals surface area contributed by atoms with Crippen molar-refractivity contribution in [2.45, 2.75) is 20.4 Å². The van der Waals surface area contributed by atoms with Gasteiger partial charge in [0.15, 0.2) is 5.13 Å². The predicted molar refractivity (Wildman–Crippen MR) is 113 cm³/mol. The summed E-state index contributed by atoms with van der Waals surface area (Å²) in [5, 5.41) is 5.26. The number of para-hydroxylation sites is 1. The summed E-state index contributed by atoms with van der Waals surface area (Å²) in [7, 11) is 0. The fourth-order valence-electron chi connectivity index (χ4n) is 2.67. The number of rotatable bonds is 6. The molecule has 28 heavy (non-hydrogen) atoms. The molecule has 2 amide bonds. The fourth-order valence-corrected chi connectivity index (χ4v) is 3.53. The third-order valence-electron chi connectivity index (χ3n) is 4.15. The molecule has 5 nitrogen and oxygen atoms in total. The summed E-state index contributed by atoms with van der Waals surface area (Å²) in [4.78, 5) is 30.2. The van der Waals surface area contributed by atoms with E-state index in [4.69, 9.17) is 0 Å². The quantitative estimate of drug-likeness (QED) is 0.631. The topological polar surface area (TPSA) is 62.3 Å². The Bertz CT molecular complexity index is 996. The highest BCUT2D eigenvalue weighted by molar-refractivity contribution is 7.14. The smallest absolute Gasteiger partial charge is 0.244 e. The van der Waals surface area contributed by atoms with E-state index in [1.807, 2.05) is 66.9 Å². The maximum atomic E-state index is 12.1. The Labute approximate surface area is 168 Å². The zero-order valence-electron chi connectivity index (χ0n) is 15.8. The third-order valence-corrected chi connectivity index (χ3v) is 4.99. The van der Waals surface area contributed by atoms with Gasteiger partial charge in [-0.1, -0.05) is 42.5 Å². The molecule has 0 bridgehead atoms. The van der Waals surface area contributed by atoms with Gasteiger partial charge in [0.25, 0.3) is 0 Å². The molecule has 1 heterocycles. The van der Waals surface area contributed by atoms with Crippen molar-refractivity contribution in [3.05, 3.63) is 82.9 Å². The van der Waals surface area contributed by atoms with Crippen LogP contribution < -0.4 is 10.2 Å². The lowest BCUT2D eigenvalue weighted by atomic mass is 10.1. The van der Waals surface area contributed by atoms with E-state index in [9.17, 15) is 9.59 Å². The van der Waals surface area contributed by atoms with Crippen LogP contribution in [0, 0.1) is 6.92 Å². The monoisotopic (exact) mass is 391 g/mol. The third kappa shape index (κ3) is 4.92. The van der Waals surface area contributed by atoms with Gasteiger partial charge in [-0.25, -0.2) is 4.98 Å². The van der Waals surface area contributed by atoms with Crippen LogP contribution in [0.5, 0.6) is 0 Å². The van der Waals surface area contributed by atoms with Crippen LogP contribution in [-0.2, 0) is 16.1 Å². The number of hydrogen-bond donors (Lipinski definition) is 1. The van der Waals surface area contributed by atoms with Gasteiger partial charge in [0.05, 0.1) is 11.4 Å². The minimum absolute atomic E-state index is 0.118. The summed E-state index contributed by atoms with van der Waals surface area (Å²) in [5.41, 5.74) is 3.62. The average molecular weight is 391 g/mol. The van der Waals surface area contributed by atoms with Gasteiger partial charge in [-0.3, -0.25) is 14.5 Å². The molecule has 2 aromatic carbocycles.